The third-order valence-corrected chi connectivity index (χ3v) is 6.46. The van der Waals surface area contributed by atoms with Crippen LogP contribution in [-0.2, 0) is 12.1 Å². The van der Waals surface area contributed by atoms with Gasteiger partial charge in [-0.3, -0.25) is 9.59 Å². The van der Waals surface area contributed by atoms with Gasteiger partial charge in [-0.2, -0.15) is 0 Å². The highest BCUT2D eigenvalue weighted by molar-refractivity contribution is 6.23. The number of carbonyl (C=O) groups excluding carboxylic acids is 2. The first kappa shape index (κ1) is 17.9. The quantitative estimate of drug-likeness (QED) is 0.523. The van der Waals surface area contributed by atoms with Crippen LogP contribution in [0.5, 0.6) is 0 Å². The lowest BCUT2D eigenvalue weighted by molar-refractivity contribution is 0.0448. The Labute approximate surface area is 180 Å². The Morgan fingerprint density at radius 1 is 0.742 bits per heavy atom. The number of hydrogen-bond donors (Lipinski definition) is 1. The number of nitrogens with zero attached hydrogens (tertiary/aromatic N) is 1. The maximum Gasteiger partial charge on any atom is 0.258 e. The van der Waals surface area contributed by atoms with E-state index in [4.69, 9.17) is 0 Å². The molecule has 4 aromatic rings. The number of amides is 1. The van der Waals surface area contributed by atoms with Crippen LogP contribution in [0.1, 0.15) is 31.8 Å². The van der Waals surface area contributed by atoms with Gasteiger partial charge in [-0.15, -0.1) is 0 Å². The lowest BCUT2D eigenvalue weighted by atomic mass is 9.91. The molecular weight excluding hydrogens is 384 g/mol. The molecule has 4 aromatic carbocycles. The molecule has 0 saturated heterocycles. The summed E-state index contributed by atoms with van der Waals surface area (Å²) in [7, 11) is 0. The molecule has 1 aliphatic carbocycles. The molecule has 1 heterocycles. The Bertz CT molecular complexity index is 1360. The van der Waals surface area contributed by atoms with Gasteiger partial charge in [0.05, 0.1) is 5.56 Å². The summed E-state index contributed by atoms with van der Waals surface area (Å²) < 4.78 is 0. The zero-order chi connectivity index (χ0) is 21.0. The maximum atomic E-state index is 14.0. The maximum absolute atomic E-state index is 14.0. The van der Waals surface area contributed by atoms with Gasteiger partial charge in [-0.05, 0) is 29.5 Å². The van der Waals surface area contributed by atoms with Crippen molar-refractivity contribution in [3.8, 4) is 0 Å². The normalized spacial score (nSPS) is 19.0. The summed E-state index contributed by atoms with van der Waals surface area (Å²) in [5, 5.41) is 5.44. The molecule has 0 fully saturated rings. The fourth-order valence-corrected chi connectivity index (χ4v) is 5.03. The van der Waals surface area contributed by atoms with Crippen molar-refractivity contribution in [2.45, 2.75) is 12.1 Å². The monoisotopic (exact) mass is 404 g/mol. The Morgan fingerprint density at radius 2 is 1.45 bits per heavy atom. The van der Waals surface area contributed by atoms with Gasteiger partial charge in [-0.1, -0.05) is 78.9 Å². The lowest BCUT2D eigenvalue weighted by Gasteiger charge is -2.45. The van der Waals surface area contributed by atoms with Gasteiger partial charge in [0.1, 0.15) is 0 Å². The van der Waals surface area contributed by atoms with E-state index in [1.54, 1.807) is 4.90 Å². The molecule has 2 aliphatic rings. The number of hydrogen-bond acceptors (Lipinski definition) is 3. The fourth-order valence-electron chi connectivity index (χ4n) is 5.03. The number of ketones is 1. The summed E-state index contributed by atoms with van der Waals surface area (Å²) in [6.07, 6.45) is 0.664. The standard InChI is InChI=1S/C27H20N2O2/c30-25-21-13-6-10-19-11-7-14-22(24(19)21)27(25)28-23-15-5-4-12-20(23)26(31)29(27)17-16-18-8-2-1-3-9-18/h1-15,28H,16-17H2. The van der Waals surface area contributed by atoms with E-state index in [1.165, 1.54) is 0 Å². The minimum absolute atomic E-state index is 0.0739. The van der Waals surface area contributed by atoms with E-state index in [9.17, 15) is 9.59 Å². The van der Waals surface area contributed by atoms with Gasteiger partial charge in [0.2, 0.25) is 11.4 Å². The number of anilines is 1. The second-order valence-electron chi connectivity index (χ2n) is 8.11. The molecule has 1 N–H and O–H groups in total. The molecular formula is C27H20N2O2. The van der Waals surface area contributed by atoms with E-state index >= 15 is 0 Å². The van der Waals surface area contributed by atoms with Crippen LogP contribution < -0.4 is 5.32 Å². The molecule has 0 bridgehead atoms. The van der Waals surface area contributed by atoms with Gasteiger partial charge >= 0.3 is 0 Å². The topological polar surface area (TPSA) is 49.4 Å². The van der Waals surface area contributed by atoms with Gasteiger partial charge in [0.15, 0.2) is 0 Å². The number of carbonyl (C=O) groups is 2. The number of fused-ring (bicyclic) bond motifs is 2. The predicted octanol–water partition coefficient (Wildman–Crippen LogP) is 5.00. The summed E-state index contributed by atoms with van der Waals surface area (Å²) in [6, 6.07) is 29.2. The highest BCUT2D eigenvalue weighted by Gasteiger charge is 2.56. The van der Waals surface area contributed by atoms with Crippen molar-refractivity contribution in [3.63, 3.8) is 0 Å². The highest BCUT2D eigenvalue weighted by atomic mass is 16.2. The second kappa shape index (κ2) is 6.54. The zero-order valence-corrected chi connectivity index (χ0v) is 16.8. The van der Waals surface area contributed by atoms with Gasteiger partial charge in [0.25, 0.3) is 5.91 Å². The third-order valence-electron chi connectivity index (χ3n) is 6.46. The van der Waals surface area contributed by atoms with Crippen LogP contribution in [0.3, 0.4) is 0 Å². The minimum Gasteiger partial charge on any atom is -0.352 e. The summed E-state index contributed by atoms with van der Waals surface area (Å²) in [5.41, 5.74) is 2.70. The molecule has 1 aliphatic heterocycles. The molecule has 1 spiro atoms. The Hall–Kier alpha value is -3.92. The van der Waals surface area contributed by atoms with Gasteiger partial charge < -0.3 is 10.2 Å². The van der Waals surface area contributed by atoms with Crippen molar-refractivity contribution in [1.82, 2.24) is 4.90 Å². The van der Waals surface area contributed by atoms with Gasteiger partial charge in [0, 0.05) is 28.7 Å². The van der Waals surface area contributed by atoms with Crippen LogP contribution in [-0.4, -0.2) is 23.1 Å². The molecule has 4 nitrogen and oxygen atoms in total. The average molecular weight is 404 g/mol. The lowest BCUT2D eigenvalue weighted by Crippen LogP contribution is -2.61. The molecule has 1 atom stereocenters. The Balaban J connectivity index is 1.56. The summed E-state index contributed by atoms with van der Waals surface area (Å²) in [6.45, 7) is 0.431. The van der Waals surface area contributed by atoms with E-state index < -0.39 is 5.66 Å². The first-order chi connectivity index (χ1) is 15.2. The SMILES string of the molecule is O=C1c2ccccc2NC2(C(=O)c3cccc4cccc2c34)N1CCc1ccccc1. The van der Waals surface area contributed by atoms with E-state index in [0.717, 1.165) is 21.9 Å². The first-order valence-corrected chi connectivity index (χ1v) is 10.5. The van der Waals surface area contributed by atoms with E-state index in [1.807, 2.05) is 78.9 Å². The van der Waals surface area contributed by atoms with Crippen molar-refractivity contribution in [2.75, 3.05) is 11.9 Å². The number of rotatable bonds is 3. The van der Waals surface area contributed by atoms with E-state index in [-0.39, 0.29) is 11.7 Å². The van der Waals surface area contributed by atoms with Crippen LogP contribution in [0.4, 0.5) is 5.69 Å². The Morgan fingerprint density at radius 3 is 2.29 bits per heavy atom. The third kappa shape index (κ3) is 2.42. The van der Waals surface area contributed by atoms with E-state index in [0.29, 0.717) is 29.8 Å². The van der Waals surface area contributed by atoms with Crippen LogP contribution in [0.2, 0.25) is 0 Å². The van der Waals surface area contributed by atoms with Crippen LogP contribution in [0.15, 0.2) is 91.0 Å². The molecule has 0 aromatic heterocycles. The van der Waals surface area contributed by atoms with Crippen molar-refractivity contribution < 1.29 is 9.59 Å². The number of para-hydroxylation sites is 1. The van der Waals surface area contributed by atoms with Crippen molar-refractivity contribution in [2.24, 2.45) is 0 Å². The molecule has 4 heteroatoms. The first-order valence-electron chi connectivity index (χ1n) is 10.5. The van der Waals surface area contributed by atoms with Crippen molar-refractivity contribution in [1.29, 1.82) is 0 Å². The molecule has 1 amide bonds. The average Bonchev–Trinajstić information content (AvgIpc) is 3.05. The summed E-state index contributed by atoms with van der Waals surface area (Å²) in [4.78, 5) is 29.5. The molecule has 150 valence electrons. The summed E-state index contributed by atoms with van der Waals surface area (Å²) >= 11 is 0. The Kier molecular flexibility index (Phi) is 3.78. The number of Topliss-reactive ketones (excluding diaryl/α,β-unsaturated/α-hetero) is 1. The molecule has 6 rings (SSSR count). The second-order valence-corrected chi connectivity index (χ2v) is 8.11. The smallest absolute Gasteiger partial charge is 0.258 e. The van der Waals surface area contributed by atoms with Crippen molar-refractivity contribution in [3.05, 3.63) is 113 Å². The predicted molar refractivity (Wildman–Crippen MR) is 121 cm³/mol. The number of nitrogens with one attached hydrogen (secondary N) is 1. The zero-order valence-electron chi connectivity index (χ0n) is 16.8. The minimum atomic E-state index is -1.23. The van der Waals surface area contributed by atoms with E-state index in [2.05, 4.69) is 17.4 Å². The van der Waals surface area contributed by atoms with Crippen LogP contribution in [0, 0.1) is 0 Å². The van der Waals surface area contributed by atoms with Crippen LogP contribution >= 0.6 is 0 Å². The number of benzene rings is 4. The fraction of sp³-hybridized carbons (Fsp3) is 0.111. The molecule has 1 unspecified atom stereocenters. The summed E-state index contributed by atoms with van der Waals surface area (Å²) in [5.74, 6) is -0.196. The largest absolute Gasteiger partial charge is 0.352 e. The van der Waals surface area contributed by atoms with Gasteiger partial charge in [-0.25, -0.2) is 0 Å². The highest BCUT2D eigenvalue weighted by Crippen LogP contribution is 2.48. The molecule has 0 radical (unpaired) electrons. The molecule has 0 saturated carbocycles. The van der Waals surface area contributed by atoms with Crippen molar-refractivity contribution >= 4 is 28.2 Å². The van der Waals surface area contributed by atoms with Crippen LogP contribution in [0.25, 0.3) is 10.8 Å². The molecule has 31 heavy (non-hydrogen) atoms.